The van der Waals surface area contributed by atoms with Crippen LogP contribution in [0.2, 0.25) is 5.02 Å². The minimum absolute atomic E-state index is 0.135. The summed E-state index contributed by atoms with van der Waals surface area (Å²) in [5.41, 5.74) is 7.02. The second kappa shape index (κ2) is 8.26. The molecule has 0 fully saturated rings. The zero-order valence-corrected chi connectivity index (χ0v) is 20.2. The number of rotatable bonds is 3. The third-order valence-electron chi connectivity index (χ3n) is 6.72. The Morgan fingerprint density at radius 3 is 2.61 bits per heavy atom. The highest BCUT2D eigenvalue weighted by molar-refractivity contribution is 6.30. The minimum atomic E-state index is -0.135. The maximum Gasteiger partial charge on any atom is 0.231 e. The lowest BCUT2D eigenvalue weighted by molar-refractivity contribution is 0.174. The summed E-state index contributed by atoms with van der Waals surface area (Å²) in [6.07, 6.45) is -0.135. The molecule has 36 heavy (non-hydrogen) atoms. The monoisotopic (exact) mass is 495 g/mol. The Kier molecular flexibility index (Phi) is 4.87. The Bertz CT molecular complexity index is 1620. The number of pyridine rings is 1. The summed E-state index contributed by atoms with van der Waals surface area (Å²) in [6.45, 7) is 2.92. The van der Waals surface area contributed by atoms with Crippen molar-refractivity contribution in [3.8, 4) is 28.3 Å². The van der Waals surface area contributed by atoms with Crippen molar-refractivity contribution in [2.24, 2.45) is 0 Å². The number of para-hydroxylation sites is 1. The van der Waals surface area contributed by atoms with E-state index < -0.39 is 0 Å². The molecule has 1 unspecified atom stereocenters. The summed E-state index contributed by atoms with van der Waals surface area (Å²) in [5.74, 6) is 2.35. The number of benzene rings is 3. The van der Waals surface area contributed by atoms with Gasteiger partial charge in [-0.2, -0.15) is 5.10 Å². The molecule has 5 aromatic rings. The quantitative estimate of drug-likeness (QED) is 0.320. The number of nitrogens with zero attached hydrogens (tertiary/aromatic N) is 3. The Morgan fingerprint density at radius 2 is 1.78 bits per heavy atom. The average molecular weight is 496 g/mol. The number of ether oxygens (including phenoxy) is 2. The third kappa shape index (κ3) is 3.39. The molecule has 0 saturated heterocycles. The van der Waals surface area contributed by atoms with Crippen molar-refractivity contribution in [2.75, 3.05) is 12.1 Å². The van der Waals surface area contributed by atoms with E-state index in [9.17, 15) is 0 Å². The Balaban J connectivity index is 1.42. The molecule has 1 atom stereocenters. The zero-order valence-electron chi connectivity index (χ0n) is 19.5. The first kappa shape index (κ1) is 21.2. The molecule has 3 aromatic carbocycles. The second-order valence-electron chi connectivity index (χ2n) is 8.92. The van der Waals surface area contributed by atoms with Crippen molar-refractivity contribution in [1.29, 1.82) is 0 Å². The maximum atomic E-state index is 6.23. The standard InChI is InChI=1S/C28H22ClN5O2/c1-16-24-25(17-7-10-19(29)11-8-17)21-14-30-26(18-9-12-22-23(13-18)36-15-35-22)31-27(21)32-28(24)34(33-16)20-5-3-2-4-6-20/h2-13,26,30H,14-15H2,1H3,(H,31,32). The number of hydrogen-bond donors (Lipinski definition) is 2. The van der Waals surface area contributed by atoms with Gasteiger partial charge < -0.3 is 14.8 Å². The lowest BCUT2D eigenvalue weighted by atomic mass is 9.95. The zero-order chi connectivity index (χ0) is 24.2. The molecule has 4 heterocycles. The largest absolute Gasteiger partial charge is 0.454 e. The first-order valence-electron chi connectivity index (χ1n) is 11.8. The van der Waals surface area contributed by atoms with Crippen LogP contribution in [-0.4, -0.2) is 21.6 Å². The van der Waals surface area contributed by atoms with Gasteiger partial charge in [-0.3, -0.25) is 5.32 Å². The Labute approximate surface area is 212 Å². The number of hydrogen-bond acceptors (Lipinski definition) is 6. The van der Waals surface area contributed by atoms with E-state index in [0.717, 1.165) is 62.0 Å². The molecule has 2 aliphatic rings. The van der Waals surface area contributed by atoms with Crippen LogP contribution in [0.4, 0.5) is 5.82 Å². The molecule has 0 spiro atoms. The van der Waals surface area contributed by atoms with Gasteiger partial charge in [0, 0.05) is 22.7 Å². The SMILES string of the molecule is Cc1nn(-c2ccccc2)c2nc3c(c(-c4ccc(Cl)cc4)c12)CNC(c1ccc2c(c1)OCO2)N3. The van der Waals surface area contributed by atoms with Gasteiger partial charge >= 0.3 is 0 Å². The summed E-state index contributed by atoms with van der Waals surface area (Å²) >= 11 is 6.23. The molecular formula is C28H22ClN5O2. The van der Waals surface area contributed by atoms with Crippen LogP contribution in [0.1, 0.15) is 23.0 Å². The molecule has 0 amide bonds. The van der Waals surface area contributed by atoms with Crippen molar-refractivity contribution in [1.82, 2.24) is 20.1 Å². The van der Waals surface area contributed by atoms with Crippen LogP contribution in [0, 0.1) is 6.92 Å². The van der Waals surface area contributed by atoms with E-state index in [-0.39, 0.29) is 13.0 Å². The van der Waals surface area contributed by atoms with Gasteiger partial charge in [0.25, 0.3) is 0 Å². The van der Waals surface area contributed by atoms with Gasteiger partial charge in [-0.15, -0.1) is 0 Å². The van der Waals surface area contributed by atoms with Gasteiger partial charge in [-0.05, 0) is 54.4 Å². The van der Waals surface area contributed by atoms with E-state index in [2.05, 4.69) is 22.8 Å². The Hall–Kier alpha value is -4.07. The first-order valence-corrected chi connectivity index (χ1v) is 12.2. The minimum Gasteiger partial charge on any atom is -0.454 e. The number of aromatic nitrogens is 3. The predicted octanol–water partition coefficient (Wildman–Crippen LogP) is 5.99. The van der Waals surface area contributed by atoms with Crippen molar-refractivity contribution in [2.45, 2.75) is 19.6 Å². The van der Waals surface area contributed by atoms with Crippen LogP contribution in [0.25, 0.3) is 27.8 Å². The fourth-order valence-electron chi connectivity index (χ4n) is 5.02. The number of aryl methyl sites for hydroxylation is 1. The molecule has 8 heteroatoms. The van der Waals surface area contributed by atoms with Gasteiger partial charge in [0.2, 0.25) is 6.79 Å². The van der Waals surface area contributed by atoms with E-state index in [1.54, 1.807) is 0 Å². The molecule has 178 valence electrons. The lowest BCUT2D eigenvalue weighted by Gasteiger charge is -2.30. The average Bonchev–Trinajstić information content (AvgIpc) is 3.52. The van der Waals surface area contributed by atoms with Crippen LogP contribution >= 0.6 is 11.6 Å². The van der Waals surface area contributed by atoms with Gasteiger partial charge in [0.1, 0.15) is 12.0 Å². The fraction of sp³-hybridized carbons (Fsp3) is 0.143. The molecule has 0 aliphatic carbocycles. The molecular weight excluding hydrogens is 474 g/mol. The van der Waals surface area contributed by atoms with E-state index >= 15 is 0 Å². The molecule has 2 N–H and O–H groups in total. The number of nitrogens with one attached hydrogen (secondary N) is 2. The summed E-state index contributed by atoms with van der Waals surface area (Å²) < 4.78 is 13.0. The molecule has 0 bridgehead atoms. The van der Waals surface area contributed by atoms with Crippen molar-refractivity contribution < 1.29 is 9.47 Å². The number of halogens is 1. The van der Waals surface area contributed by atoms with Crippen molar-refractivity contribution >= 4 is 28.5 Å². The van der Waals surface area contributed by atoms with Crippen LogP contribution in [0.5, 0.6) is 11.5 Å². The van der Waals surface area contributed by atoms with Gasteiger partial charge in [-0.25, -0.2) is 9.67 Å². The van der Waals surface area contributed by atoms with Gasteiger partial charge in [-0.1, -0.05) is 48.0 Å². The van der Waals surface area contributed by atoms with Crippen LogP contribution in [-0.2, 0) is 6.54 Å². The maximum absolute atomic E-state index is 6.23. The highest BCUT2D eigenvalue weighted by Gasteiger charge is 2.28. The van der Waals surface area contributed by atoms with Crippen LogP contribution in [0.15, 0.2) is 72.8 Å². The summed E-state index contributed by atoms with van der Waals surface area (Å²) in [4.78, 5) is 5.13. The van der Waals surface area contributed by atoms with E-state index in [1.165, 1.54) is 0 Å². The van der Waals surface area contributed by atoms with Crippen molar-refractivity contribution in [3.63, 3.8) is 0 Å². The molecule has 7 rings (SSSR count). The fourth-order valence-corrected chi connectivity index (χ4v) is 5.14. The normalized spacial score (nSPS) is 16.1. The van der Waals surface area contributed by atoms with Crippen molar-refractivity contribution in [3.05, 3.63) is 94.6 Å². The highest BCUT2D eigenvalue weighted by Crippen LogP contribution is 2.41. The molecule has 7 nitrogen and oxygen atoms in total. The molecule has 0 saturated carbocycles. The molecule has 2 aliphatic heterocycles. The van der Waals surface area contributed by atoms with Gasteiger partial charge in [0.05, 0.1) is 16.8 Å². The first-order chi connectivity index (χ1) is 17.7. The summed E-state index contributed by atoms with van der Waals surface area (Å²) in [7, 11) is 0. The van der Waals surface area contributed by atoms with Gasteiger partial charge in [0.15, 0.2) is 17.1 Å². The van der Waals surface area contributed by atoms with E-state index in [1.807, 2.05) is 72.3 Å². The van der Waals surface area contributed by atoms with Crippen LogP contribution in [0.3, 0.4) is 0 Å². The lowest BCUT2D eigenvalue weighted by Crippen LogP contribution is -2.33. The smallest absolute Gasteiger partial charge is 0.231 e. The predicted molar refractivity (Wildman–Crippen MR) is 140 cm³/mol. The highest BCUT2D eigenvalue weighted by atomic mass is 35.5. The topological polar surface area (TPSA) is 73.2 Å². The van der Waals surface area contributed by atoms with Crippen LogP contribution < -0.4 is 20.1 Å². The summed E-state index contributed by atoms with van der Waals surface area (Å²) in [6, 6.07) is 24.1. The molecule has 0 radical (unpaired) electrons. The second-order valence-corrected chi connectivity index (χ2v) is 9.36. The van der Waals surface area contributed by atoms with E-state index in [4.69, 9.17) is 31.2 Å². The Morgan fingerprint density at radius 1 is 0.972 bits per heavy atom. The summed E-state index contributed by atoms with van der Waals surface area (Å²) in [5, 5.41) is 13.9. The molecule has 2 aromatic heterocycles. The number of fused-ring (bicyclic) bond motifs is 3. The van der Waals surface area contributed by atoms with E-state index in [0.29, 0.717) is 11.6 Å². The third-order valence-corrected chi connectivity index (χ3v) is 6.97. The number of anilines is 1.